The summed E-state index contributed by atoms with van der Waals surface area (Å²) < 4.78 is 10.2. The number of amides is 4. The summed E-state index contributed by atoms with van der Waals surface area (Å²) in [6.45, 7) is 18.8. The lowest BCUT2D eigenvalue weighted by molar-refractivity contribution is -0.143. The maximum Gasteiger partial charge on any atom is 0.407 e. The van der Waals surface area contributed by atoms with Crippen molar-refractivity contribution < 1.29 is 48.5 Å². The van der Waals surface area contributed by atoms with E-state index in [4.69, 9.17) is 19.7 Å². The first kappa shape index (κ1) is 44.5. The summed E-state index contributed by atoms with van der Waals surface area (Å²) in [6, 6.07) is -1.72. The van der Waals surface area contributed by atoms with Gasteiger partial charge in [0.05, 0.1) is 0 Å². The number of aliphatic carboxylic acids is 2. The van der Waals surface area contributed by atoms with E-state index in [0.29, 0.717) is 38.8 Å². The van der Waals surface area contributed by atoms with E-state index in [0.717, 1.165) is 12.8 Å². The highest BCUT2D eigenvalue weighted by atomic mass is 16.6. The van der Waals surface area contributed by atoms with Crippen LogP contribution in [0.5, 0.6) is 0 Å². The number of carbonyl (C=O) groups is 6. The van der Waals surface area contributed by atoms with Crippen LogP contribution in [-0.4, -0.2) is 82.5 Å². The van der Waals surface area contributed by atoms with Crippen molar-refractivity contribution in [2.75, 3.05) is 13.1 Å². The third-order valence-corrected chi connectivity index (χ3v) is 6.59. The average Bonchev–Trinajstić information content (AvgIpc) is 2.91. The quantitative estimate of drug-likeness (QED) is 0.113. The number of alkyl carbamates (subject to hydrolysis) is 2. The van der Waals surface area contributed by atoms with Crippen molar-refractivity contribution in [1.29, 1.82) is 0 Å². The Morgan fingerprint density at radius 1 is 0.587 bits per heavy atom. The Morgan fingerprint density at radius 3 is 1.26 bits per heavy atom. The molecule has 0 rings (SSSR count). The Labute approximate surface area is 274 Å². The molecule has 0 aliphatic carbocycles. The third-order valence-electron chi connectivity index (χ3n) is 6.59. The van der Waals surface area contributed by atoms with E-state index in [1.54, 1.807) is 55.4 Å². The molecule has 2 unspecified atom stereocenters. The van der Waals surface area contributed by atoms with Gasteiger partial charge in [0.25, 0.3) is 0 Å². The number of carboxylic acids is 2. The van der Waals surface area contributed by atoms with E-state index in [-0.39, 0.29) is 36.5 Å². The molecule has 0 saturated carbocycles. The van der Waals surface area contributed by atoms with Gasteiger partial charge in [-0.05, 0) is 72.6 Å². The van der Waals surface area contributed by atoms with Crippen molar-refractivity contribution in [3.05, 3.63) is 0 Å². The number of unbranched alkanes of at least 4 members (excludes halogenated alkanes) is 2. The van der Waals surface area contributed by atoms with Crippen LogP contribution in [0.15, 0.2) is 0 Å². The predicted octanol–water partition coefficient (Wildman–Crippen LogP) is 4.59. The summed E-state index contributed by atoms with van der Waals surface area (Å²) in [4.78, 5) is 68.6. The van der Waals surface area contributed by atoms with Gasteiger partial charge in [0.2, 0.25) is 11.8 Å². The second-order valence-corrected chi connectivity index (χ2v) is 13.3. The normalized spacial score (nSPS) is 13.8. The zero-order valence-electron chi connectivity index (χ0n) is 29.5. The molecule has 0 aromatic rings. The molecular weight excluding hydrogens is 600 g/mol. The van der Waals surface area contributed by atoms with Crippen LogP contribution in [0.2, 0.25) is 0 Å². The standard InChI is InChI=1S/C17H32N2O5.C15H28N2O5/c1-6-12(2)14(15(21)22)19-13(20)10-8-7-9-11-18-16(23)24-17(3,4)5;1-6-10(2)12(13(19)20)17-11(18)8-7-9-16-14(21)22-15(3,4)5/h12,14H,6-11H2,1-5H3,(H,18,23)(H,19,20)(H,21,22);10,12H,6-9H2,1-5H3,(H,16,21)(H,17,18)(H,19,20)/t12?,14-;10?,12-/m00/s1. The lowest BCUT2D eigenvalue weighted by Crippen LogP contribution is -2.45. The SMILES string of the molecule is CCC(C)[C@H](NC(=O)CCCCCNC(=O)OC(C)(C)C)C(=O)O.CCC(C)[C@H](NC(=O)CCCNC(=O)OC(C)(C)C)C(=O)O. The number of hydrogen-bond acceptors (Lipinski definition) is 8. The van der Waals surface area contributed by atoms with E-state index < -0.39 is 47.4 Å². The van der Waals surface area contributed by atoms with E-state index in [9.17, 15) is 28.8 Å². The monoisotopic (exact) mass is 660 g/mol. The maximum atomic E-state index is 11.8. The van der Waals surface area contributed by atoms with Crippen LogP contribution in [0.3, 0.4) is 0 Å². The van der Waals surface area contributed by atoms with Gasteiger partial charge in [-0.1, -0.05) is 47.0 Å². The van der Waals surface area contributed by atoms with Crippen molar-refractivity contribution >= 4 is 35.9 Å². The van der Waals surface area contributed by atoms with Gasteiger partial charge in [-0.25, -0.2) is 19.2 Å². The molecule has 14 nitrogen and oxygen atoms in total. The summed E-state index contributed by atoms with van der Waals surface area (Å²) in [5.41, 5.74) is -1.08. The van der Waals surface area contributed by atoms with Gasteiger partial charge >= 0.3 is 24.1 Å². The molecule has 0 fully saturated rings. The van der Waals surface area contributed by atoms with Gasteiger partial charge in [0, 0.05) is 25.9 Å². The molecule has 0 heterocycles. The molecule has 0 saturated heterocycles. The first-order valence-corrected chi connectivity index (χ1v) is 16.1. The van der Waals surface area contributed by atoms with Gasteiger partial charge < -0.3 is 41.0 Å². The van der Waals surface area contributed by atoms with Crippen LogP contribution in [-0.2, 0) is 28.7 Å². The third kappa shape index (κ3) is 24.7. The number of ether oxygens (including phenoxy) is 2. The lowest BCUT2D eigenvalue weighted by atomic mass is 9.99. The molecule has 4 atom stereocenters. The zero-order valence-corrected chi connectivity index (χ0v) is 29.5. The molecule has 0 aliphatic heterocycles. The molecule has 4 amide bonds. The number of hydrogen-bond donors (Lipinski definition) is 6. The van der Waals surface area contributed by atoms with E-state index in [2.05, 4.69) is 21.3 Å². The van der Waals surface area contributed by atoms with Crippen LogP contribution in [0.1, 0.15) is 121 Å². The topological polar surface area (TPSA) is 209 Å². The van der Waals surface area contributed by atoms with Crippen molar-refractivity contribution in [3.8, 4) is 0 Å². The van der Waals surface area contributed by atoms with Crippen LogP contribution >= 0.6 is 0 Å². The average molecular weight is 661 g/mol. The number of carbonyl (C=O) groups excluding carboxylic acids is 4. The Morgan fingerprint density at radius 2 is 0.935 bits per heavy atom. The highest BCUT2D eigenvalue weighted by molar-refractivity contribution is 5.84. The van der Waals surface area contributed by atoms with Gasteiger partial charge in [-0.2, -0.15) is 0 Å². The molecule has 0 aliphatic rings. The van der Waals surface area contributed by atoms with Crippen LogP contribution in [0, 0.1) is 11.8 Å². The van der Waals surface area contributed by atoms with E-state index in [1.807, 2.05) is 13.8 Å². The van der Waals surface area contributed by atoms with Crippen molar-refractivity contribution in [2.45, 2.75) is 144 Å². The number of rotatable bonds is 18. The summed E-state index contributed by atoms with van der Waals surface area (Å²) in [5, 5.41) is 28.5. The molecular formula is C32H60N4O10. The summed E-state index contributed by atoms with van der Waals surface area (Å²) in [6.07, 6.45) is 3.37. The van der Waals surface area contributed by atoms with Gasteiger partial charge in [-0.15, -0.1) is 0 Å². The van der Waals surface area contributed by atoms with Crippen LogP contribution < -0.4 is 21.3 Å². The van der Waals surface area contributed by atoms with E-state index >= 15 is 0 Å². The highest BCUT2D eigenvalue weighted by Gasteiger charge is 2.26. The fourth-order valence-electron chi connectivity index (χ4n) is 3.70. The molecule has 0 radical (unpaired) electrons. The minimum atomic E-state index is -1.03. The van der Waals surface area contributed by atoms with Crippen molar-refractivity contribution in [2.24, 2.45) is 11.8 Å². The fourth-order valence-corrected chi connectivity index (χ4v) is 3.70. The summed E-state index contributed by atoms with van der Waals surface area (Å²) in [5.74, 6) is -2.86. The van der Waals surface area contributed by atoms with Crippen LogP contribution in [0.25, 0.3) is 0 Å². The molecule has 0 aromatic carbocycles. The molecule has 0 bridgehead atoms. The van der Waals surface area contributed by atoms with Gasteiger partial charge in [0.15, 0.2) is 0 Å². The minimum Gasteiger partial charge on any atom is -0.480 e. The first-order chi connectivity index (χ1) is 21.1. The summed E-state index contributed by atoms with van der Waals surface area (Å²) in [7, 11) is 0. The Hall–Kier alpha value is -3.58. The van der Waals surface area contributed by atoms with Crippen LogP contribution in [0.4, 0.5) is 9.59 Å². The Bertz CT molecular complexity index is 960. The van der Waals surface area contributed by atoms with Crippen molar-refractivity contribution in [1.82, 2.24) is 21.3 Å². The number of nitrogens with one attached hydrogen (secondary N) is 4. The predicted molar refractivity (Wildman–Crippen MR) is 174 cm³/mol. The Kier molecular flexibility index (Phi) is 22.1. The largest absolute Gasteiger partial charge is 0.480 e. The second-order valence-electron chi connectivity index (χ2n) is 13.3. The molecule has 268 valence electrons. The molecule has 0 aromatic heterocycles. The first-order valence-electron chi connectivity index (χ1n) is 16.1. The minimum absolute atomic E-state index is 0.107. The van der Waals surface area contributed by atoms with E-state index in [1.165, 1.54) is 0 Å². The Balaban J connectivity index is 0. The van der Waals surface area contributed by atoms with Crippen molar-refractivity contribution in [3.63, 3.8) is 0 Å². The molecule has 14 heteroatoms. The highest BCUT2D eigenvalue weighted by Crippen LogP contribution is 2.11. The van der Waals surface area contributed by atoms with Gasteiger partial charge in [-0.3, -0.25) is 9.59 Å². The second kappa shape index (κ2) is 22.8. The number of carboxylic acid groups (broad SMARTS) is 2. The maximum absolute atomic E-state index is 11.8. The molecule has 0 spiro atoms. The smallest absolute Gasteiger partial charge is 0.407 e. The fraction of sp³-hybridized carbons (Fsp3) is 0.812. The molecule has 46 heavy (non-hydrogen) atoms. The molecule has 6 N–H and O–H groups in total. The van der Waals surface area contributed by atoms with Gasteiger partial charge in [0.1, 0.15) is 23.3 Å². The zero-order chi connectivity index (χ0) is 36.1. The summed E-state index contributed by atoms with van der Waals surface area (Å²) >= 11 is 0. The lowest BCUT2D eigenvalue weighted by Gasteiger charge is -2.20.